The van der Waals surface area contributed by atoms with Gasteiger partial charge in [-0.1, -0.05) is 12.1 Å². The lowest BCUT2D eigenvalue weighted by Crippen LogP contribution is -2.19. The van der Waals surface area contributed by atoms with Gasteiger partial charge in [-0.3, -0.25) is 4.79 Å². The fraction of sp³-hybridized carbons (Fsp3) is 0.167. The van der Waals surface area contributed by atoms with Crippen molar-refractivity contribution in [2.24, 2.45) is 5.10 Å². The van der Waals surface area contributed by atoms with Crippen LogP contribution < -0.4 is 10.2 Å². The molecule has 0 radical (unpaired) electrons. The SMILES string of the molecule is COC(=O)COc1ccc(/C=N/NC(=O)Cc2ccc(F)cc2)cc1. The Morgan fingerprint density at radius 3 is 2.44 bits per heavy atom. The molecule has 0 aliphatic rings. The molecule has 0 saturated carbocycles. The second-order valence-corrected chi connectivity index (χ2v) is 5.03. The number of amides is 1. The molecule has 2 aromatic carbocycles. The quantitative estimate of drug-likeness (QED) is 0.474. The van der Waals surface area contributed by atoms with Crippen molar-refractivity contribution in [1.29, 1.82) is 0 Å². The lowest BCUT2D eigenvalue weighted by atomic mass is 10.1. The molecule has 0 bridgehead atoms. The van der Waals surface area contributed by atoms with Crippen molar-refractivity contribution in [2.75, 3.05) is 13.7 Å². The topological polar surface area (TPSA) is 77.0 Å². The van der Waals surface area contributed by atoms with Gasteiger partial charge in [-0.15, -0.1) is 0 Å². The summed E-state index contributed by atoms with van der Waals surface area (Å²) < 4.78 is 22.5. The van der Waals surface area contributed by atoms with Gasteiger partial charge < -0.3 is 9.47 Å². The Morgan fingerprint density at radius 1 is 1.12 bits per heavy atom. The highest BCUT2D eigenvalue weighted by molar-refractivity contribution is 5.83. The highest BCUT2D eigenvalue weighted by Crippen LogP contribution is 2.11. The Morgan fingerprint density at radius 2 is 1.80 bits per heavy atom. The molecule has 0 heterocycles. The van der Waals surface area contributed by atoms with E-state index in [9.17, 15) is 14.0 Å². The summed E-state index contributed by atoms with van der Waals surface area (Å²) in [7, 11) is 1.29. The number of nitrogens with one attached hydrogen (secondary N) is 1. The van der Waals surface area contributed by atoms with Gasteiger partial charge in [0.05, 0.1) is 19.7 Å². The highest BCUT2D eigenvalue weighted by atomic mass is 19.1. The summed E-state index contributed by atoms with van der Waals surface area (Å²) in [6.45, 7) is -0.163. The summed E-state index contributed by atoms with van der Waals surface area (Å²) in [6, 6.07) is 12.5. The molecule has 25 heavy (non-hydrogen) atoms. The average Bonchev–Trinajstić information content (AvgIpc) is 2.62. The molecular formula is C18H17FN2O4. The van der Waals surface area contributed by atoms with Crippen LogP contribution in [0.3, 0.4) is 0 Å². The van der Waals surface area contributed by atoms with E-state index in [4.69, 9.17) is 4.74 Å². The third kappa shape index (κ3) is 6.42. The molecule has 1 N–H and O–H groups in total. The molecule has 0 saturated heterocycles. The zero-order valence-electron chi connectivity index (χ0n) is 13.6. The Hall–Kier alpha value is -3.22. The minimum atomic E-state index is -0.463. The van der Waals surface area contributed by atoms with Gasteiger partial charge in [-0.25, -0.2) is 14.6 Å². The van der Waals surface area contributed by atoms with E-state index in [0.29, 0.717) is 11.3 Å². The molecule has 2 rings (SSSR count). The standard InChI is InChI=1S/C18H17FN2O4/c1-24-18(23)12-25-16-8-4-14(5-9-16)11-20-21-17(22)10-13-2-6-15(19)7-3-13/h2-9,11H,10,12H2,1H3,(H,21,22)/b20-11+. The Bertz CT molecular complexity index is 743. The molecule has 0 aliphatic carbocycles. The predicted octanol–water partition coefficient (Wildman–Crippen LogP) is 2.07. The van der Waals surface area contributed by atoms with Crippen LogP contribution in [0, 0.1) is 5.82 Å². The second-order valence-electron chi connectivity index (χ2n) is 5.03. The molecule has 1 amide bonds. The van der Waals surface area contributed by atoms with E-state index in [2.05, 4.69) is 15.3 Å². The van der Waals surface area contributed by atoms with Gasteiger partial charge in [-0.05, 0) is 47.5 Å². The number of esters is 1. The highest BCUT2D eigenvalue weighted by Gasteiger charge is 2.03. The Labute approximate surface area is 144 Å². The molecule has 2 aromatic rings. The van der Waals surface area contributed by atoms with Crippen LogP contribution in [0.2, 0.25) is 0 Å². The molecule has 0 aromatic heterocycles. The number of methoxy groups -OCH3 is 1. The summed E-state index contributed by atoms with van der Waals surface area (Å²) in [5.41, 5.74) is 3.84. The number of benzene rings is 2. The summed E-state index contributed by atoms with van der Waals surface area (Å²) in [4.78, 5) is 22.7. The molecule has 0 unspecified atom stereocenters. The third-order valence-corrected chi connectivity index (χ3v) is 3.15. The van der Waals surface area contributed by atoms with E-state index < -0.39 is 5.97 Å². The number of ether oxygens (including phenoxy) is 2. The van der Waals surface area contributed by atoms with E-state index in [1.807, 2.05) is 0 Å². The maximum atomic E-state index is 12.8. The fourth-order valence-corrected chi connectivity index (χ4v) is 1.86. The first-order chi connectivity index (χ1) is 12.1. The monoisotopic (exact) mass is 344 g/mol. The van der Waals surface area contributed by atoms with Crippen molar-refractivity contribution in [3.8, 4) is 5.75 Å². The molecule has 130 valence electrons. The van der Waals surface area contributed by atoms with Gasteiger partial charge in [-0.2, -0.15) is 5.10 Å². The van der Waals surface area contributed by atoms with Crippen LogP contribution in [0.5, 0.6) is 5.75 Å². The van der Waals surface area contributed by atoms with Crippen molar-refractivity contribution in [3.05, 3.63) is 65.5 Å². The van der Waals surface area contributed by atoms with Crippen molar-refractivity contribution in [2.45, 2.75) is 6.42 Å². The van der Waals surface area contributed by atoms with Gasteiger partial charge >= 0.3 is 5.97 Å². The first-order valence-corrected chi connectivity index (χ1v) is 7.43. The van der Waals surface area contributed by atoms with E-state index in [0.717, 1.165) is 5.56 Å². The first kappa shape index (κ1) is 18.1. The minimum Gasteiger partial charge on any atom is -0.482 e. The van der Waals surface area contributed by atoms with Gasteiger partial charge in [0.1, 0.15) is 11.6 Å². The molecule has 0 spiro atoms. The van der Waals surface area contributed by atoms with E-state index in [-0.39, 0.29) is 24.8 Å². The second kappa shape index (κ2) is 9.17. The first-order valence-electron chi connectivity index (χ1n) is 7.43. The van der Waals surface area contributed by atoms with Gasteiger partial charge in [0.25, 0.3) is 0 Å². The van der Waals surface area contributed by atoms with Gasteiger partial charge in [0.2, 0.25) is 5.91 Å². The lowest BCUT2D eigenvalue weighted by Gasteiger charge is -2.04. The normalized spacial score (nSPS) is 10.5. The van der Waals surface area contributed by atoms with Crippen LogP contribution in [0.1, 0.15) is 11.1 Å². The average molecular weight is 344 g/mol. The van der Waals surface area contributed by atoms with E-state index in [1.54, 1.807) is 36.4 Å². The number of carbonyl (C=O) groups is 2. The lowest BCUT2D eigenvalue weighted by molar-refractivity contribution is -0.142. The smallest absolute Gasteiger partial charge is 0.343 e. The van der Waals surface area contributed by atoms with E-state index >= 15 is 0 Å². The van der Waals surface area contributed by atoms with Gasteiger partial charge in [0.15, 0.2) is 6.61 Å². The number of hydrogen-bond acceptors (Lipinski definition) is 5. The van der Waals surface area contributed by atoms with Crippen LogP contribution in [-0.4, -0.2) is 31.8 Å². The Balaban J connectivity index is 1.80. The molecule has 6 nitrogen and oxygen atoms in total. The van der Waals surface area contributed by atoms with Crippen LogP contribution in [-0.2, 0) is 20.7 Å². The van der Waals surface area contributed by atoms with Crippen molar-refractivity contribution < 1.29 is 23.5 Å². The van der Waals surface area contributed by atoms with Crippen LogP contribution in [0.4, 0.5) is 4.39 Å². The molecule has 0 fully saturated rings. The summed E-state index contributed by atoms with van der Waals surface area (Å²) >= 11 is 0. The number of halogens is 1. The molecule has 0 atom stereocenters. The van der Waals surface area contributed by atoms with Crippen LogP contribution in [0.25, 0.3) is 0 Å². The number of hydrogen-bond donors (Lipinski definition) is 1. The summed E-state index contributed by atoms with van der Waals surface area (Å²) in [5, 5.41) is 3.86. The molecular weight excluding hydrogens is 327 g/mol. The number of nitrogens with zero attached hydrogens (tertiary/aromatic N) is 1. The zero-order chi connectivity index (χ0) is 18.1. The van der Waals surface area contributed by atoms with Gasteiger partial charge in [0, 0.05) is 0 Å². The number of hydrazone groups is 1. The fourth-order valence-electron chi connectivity index (χ4n) is 1.86. The van der Waals surface area contributed by atoms with Crippen molar-refractivity contribution >= 4 is 18.1 Å². The van der Waals surface area contributed by atoms with Crippen molar-refractivity contribution in [3.63, 3.8) is 0 Å². The predicted molar refractivity (Wildman–Crippen MR) is 89.8 cm³/mol. The zero-order valence-corrected chi connectivity index (χ0v) is 13.6. The Kier molecular flexibility index (Phi) is 6.65. The maximum absolute atomic E-state index is 12.8. The van der Waals surface area contributed by atoms with Crippen LogP contribution in [0.15, 0.2) is 53.6 Å². The van der Waals surface area contributed by atoms with Crippen molar-refractivity contribution in [1.82, 2.24) is 5.43 Å². The third-order valence-electron chi connectivity index (χ3n) is 3.15. The maximum Gasteiger partial charge on any atom is 0.343 e. The number of carbonyl (C=O) groups excluding carboxylic acids is 2. The minimum absolute atomic E-state index is 0.109. The molecule has 0 aliphatic heterocycles. The number of rotatable bonds is 7. The van der Waals surface area contributed by atoms with Crippen LogP contribution >= 0.6 is 0 Å². The van der Waals surface area contributed by atoms with E-state index in [1.165, 1.54) is 25.5 Å². The summed E-state index contributed by atoms with van der Waals surface area (Å²) in [6.07, 6.45) is 1.59. The molecule has 7 heteroatoms. The largest absolute Gasteiger partial charge is 0.482 e. The summed E-state index contributed by atoms with van der Waals surface area (Å²) in [5.74, 6) is -0.598.